The lowest BCUT2D eigenvalue weighted by Gasteiger charge is -2.07. The third kappa shape index (κ3) is 6.16. The molecule has 0 atom stereocenters. The quantitative estimate of drug-likeness (QED) is 0.416. The number of amides is 2. The second-order valence-corrected chi connectivity index (χ2v) is 6.08. The van der Waals surface area contributed by atoms with Crippen molar-refractivity contribution in [2.75, 3.05) is 19.5 Å². The average Bonchev–Trinajstić information content (AvgIpc) is 2.64. The fourth-order valence-corrected chi connectivity index (χ4v) is 2.37. The van der Waals surface area contributed by atoms with Crippen molar-refractivity contribution in [2.24, 2.45) is 5.10 Å². The number of methoxy groups -OCH3 is 2. The molecule has 7 nitrogen and oxygen atoms in total. The maximum atomic E-state index is 11.9. The van der Waals surface area contributed by atoms with E-state index in [0.717, 1.165) is 0 Å². The lowest BCUT2D eigenvalue weighted by atomic mass is 10.2. The molecule has 0 aliphatic heterocycles. The van der Waals surface area contributed by atoms with Crippen molar-refractivity contribution in [3.8, 4) is 11.5 Å². The Kier molecular flexibility index (Phi) is 7.45. The molecule has 0 saturated heterocycles. The van der Waals surface area contributed by atoms with Gasteiger partial charge in [0.1, 0.15) is 6.42 Å². The van der Waals surface area contributed by atoms with Gasteiger partial charge < -0.3 is 14.8 Å². The van der Waals surface area contributed by atoms with Crippen LogP contribution in [0, 0.1) is 0 Å². The van der Waals surface area contributed by atoms with Gasteiger partial charge in [-0.25, -0.2) is 5.43 Å². The molecule has 0 unspecified atom stereocenters. The zero-order valence-corrected chi connectivity index (χ0v) is 16.1. The highest BCUT2D eigenvalue weighted by molar-refractivity contribution is 6.42. The molecule has 9 heteroatoms. The molecule has 142 valence electrons. The van der Waals surface area contributed by atoms with Crippen molar-refractivity contribution in [3.05, 3.63) is 52.0 Å². The van der Waals surface area contributed by atoms with E-state index < -0.39 is 18.2 Å². The number of anilines is 1. The van der Waals surface area contributed by atoms with Crippen LogP contribution in [0.15, 0.2) is 41.5 Å². The molecule has 0 aliphatic rings. The van der Waals surface area contributed by atoms with E-state index in [2.05, 4.69) is 15.8 Å². The third-order valence-corrected chi connectivity index (χ3v) is 4.07. The largest absolute Gasteiger partial charge is 0.493 e. The van der Waals surface area contributed by atoms with Gasteiger partial charge in [-0.05, 0) is 42.0 Å². The van der Waals surface area contributed by atoms with Gasteiger partial charge >= 0.3 is 0 Å². The van der Waals surface area contributed by atoms with E-state index in [1.54, 1.807) is 30.3 Å². The second kappa shape index (κ2) is 9.80. The minimum Gasteiger partial charge on any atom is -0.493 e. The summed E-state index contributed by atoms with van der Waals surface area (Å²) in [7, 11) is 3.06. The Morgan fingerprint density at radius 2 is 1.74 bits per heavy atom. The topological polar surface area (TPSA) is 89.0 Å². The first-order chi connectivity index (χ1) is 12.9. The van der Waals surface area contributed by atoms with Crippen molar-refractivity contribution in [3.63, 3.8) is 0 Å². The number of hydrazone groups is 1. The van der Waals surface area contributed by atoms with Gasteiger partial charge in [0, 0.05) is 5.69 Å². The Morgan fingerprint density at radius 3 is 2.41 bits per heavy atom. The van der Waals surface area contributed by atoms with Crippen LogP contribution in [0.2, 0.25) is 10.0 Å². The summed E-state index contributed by atoms with van der Waals surface area (Å²) < 4.78 is 10.3. The summed E-state index contributed by atoms with van der Waals surface area (Å²) in [6.07, 6.45) is 1.03. The minimum atomic E-state index is -0.565. The molecule has 2 N–H and O–H groups in total. The van der Waals surface area contributed by atoms with Crippen molar-refractivity contribution < 1.29 is 19.1 Å². The average molecular weight is 410 g/mol. The molecule has 0 heterocycles. The van der Waals surface area contributed by atoms with E-state index in [4.69, 9.17) is 32.7 Å². The SMILES string of the molecule is COc1ccc(/C=N/NC(=O)CC(=O)Nc2ccc(Cl)c(Cl)c2)cc1OC. The number of hydrogen-bond acceptors (Lipinski definition) is 5. The van der Waals surface area contributed by atoms with Crippen LogP contribution in [0.3, 0.4) is 0 Å². The number of nitrogens with one attached hydrogen (secondary N) is 2. The van der Waals surface area contributed by atoms with Crippen molar-refractivity contribution in [1.82, 2.24) is 5.43 Å². The highest BCUT2D eigenvalue weighted by atomic mass is 35.5. The molecular formula is C18H17Cl2N3O4. The summed E-state index contributed by atoms with van der Waals surface area (Å²) in [5.74, 6) is 0.0444. The van der Waals surface area contributed by atoms with E-state index >= 15 is 0 Å². The number of rotatable bonds is 7. The van der Waals surface area contributed by atoms with Crippen LogP contribution < -0.4 is 20.2 Å². The van der Waals surface area contributed by atoms with Gasteiger partial charge in [-0.15, -0.1) is 0 Å². The lowest BCUT2D eigenvalue weighted by Crippen LogP contribution is -2.24. The van der Waals surface area contributed by atoms with E-state index in [0.29, 0.717) is 32.8 Å². The van der Waals surface area contributed by atoms with Crippen LogP contribution in [0.4, 0.5) is 5.69 Å². The molecule has 0 fully saturated rings. The summed E-state index contributed by atoms with van der Waals surface area (Å²) in [4.78, 5) is 23.7. The van der Waals surface area contributed by atoms with E-state index in [1.807, 2.05) is 0 Å². The molecule has 2 aromatic carbocycles. The first-order valence-electron chi connectivity index (χ1n) is 7.71. The van der Waals surface area contributed by atoms with Gasteiger partial charge in [-0.3, -0.25) is 9.59 Å². The number of carbonyl (C=O) groups is 2. The highest BCUT2D eigenvalue weighted by Gasteiger charge is 2.10. The van der Waals surface area contributed by atoms with E-state index in [1.165, 1.54) is 26.5 Å². The molecular weight excluding hydrogens is 393 g/mol. The summed E-state index contributed by atoms with van der Waals surface area (Å²) in [6, 6.07) is 9.79. The zero-order chi connectivity index (χ0) is 19.8. The zero-order valence-electron chi connectivity index (χ0n) is 14.6. The smallest absolute Gasteiger partial charge is 0.249 e. The van der Waals surface area contributed by atoms with Gasteiger partial charge in [0.05, 0.1) is 30.5 Å². The third-order valence-electron chi connectivity index (χ3n) is 3.33. The van der Waals surface area contributed by atoms with Crippen LogP contribution in [0.5, 0.6) is 11.5 Å². The van der Waals surface area contributed by atoms with Crippen molar-refractivity contribution in [1.29, 1.82) is 0 Å². The molecule has 2 amide bonds. The minimum absolute atomic E-state index is 0.304. The monoisotopic (exact) mass is 409 g/mol. The van der Waals surface area contributed by atoms with Crippen molar-refractivity contribution >= 4 is 46.9 Å². The fourth-order valence-electron chi connectivity index (χ4n) is 2.08. The summed E-state index contributed by atoms with van der Waals surface area (Å²) in [5, 5.41) is 7.05. The maximum absolute atomic E-state index is 11.9. The number of carbonyl (C=O) groups excluding carboxylic acids is 2. The normalized spacial score (nSPS) is 10.5. The lowest BCUT2D eigenvalue weighted by molar-refractivity contribution is -0.126. The number of nitrogens with zero attached hydrogens (tertiary/aromatic N) is 1. The summed E-state index contributed by atoms with van der Waals surface area (Å²) in [5.41, 5.74) is 3.41. The second-order valence-electron chi connectivity index (χ2n) is 5.26. The number of hydrogen-bond donors (Lipinski definition) is 2. The molecule has 0 bridgehead atoms. The summed E-state index contributed by atoms with van der Waals surface area (Å²) in [6.45, 7) is 0. The number of ether oxygens (including phenoxy) is 2. The highest BCUT2D eigenvalue weighted by Crippen LogP contribution is 2.27. The van der Waals surface area contributed by atoms with Crippen LogP contribution in [0.1, 0.15) is 12.0 Å². The predicted octanol–water partition coefficient (Wildman–Crippen LogP) is 3.49. The van der Waals surface area contributed by atoms with Crippen molar-refractivity contribution in [2.45, 2.75) is 6.42 Å². The van der Waals surface area contributed by atoms with E-state index in [-0.39, 0.29) is 0 Å². The Balaban J connectivity index is 1.87. The molecule has 0 aliphatic carbocycles. The molecule has 0 aromatic heterocycles. The number of benzene rings is 2. The van der Waals surface area contributed by atoms with Gasteiger partial charge in [0.25, 0.3) is 0 Å². The first kappa shape index (κ1) is 20.5. The standard InChI is InChI=1S/C18H17Cl2N3O4/c1-26-15-6-3-11(7-16(15)27-2)10-21-23-18(25)9-17(24)22-12-4-5-13(19)14(20)8-12/h3-8,10H,9H2,1-2H3,(H,22,24)(H,23,25)/b21-10+. The Morgan fingerprint density at radius 1 is 1.00 bits per heavy atom. The molecule has 0 spiro atoms. The predicted molar refractivity (Wildman–Crippen MR) is 105 cm³/mol. The van der Waals surface area contributed by atoms with Gasteiger partial charge in [0.2, 0.25) is 11.8 Å². The number of halogens is 2. The summed E-state index contributed by atoms with van der Waals surface area (Å²) >= 11 is 11.7. The molecule has 27 heavy (non-hydrogen) atoms. The molecule has 2 rings (SSSR count). The van der Waals surface area contributed by atoms with Crippen LogP contribution in [-0.2, 0) is 9.59 Å². The Bertz CT molecular complexity index is 872. The Labute approximate surface area is 166 Å². The van der Waals surface area contributed by atoms with Crippen LogP contribution in [-0.4, -0.2) is 32.2 Å². The maximum Gasteiger partial charge on any atom is 0.249 e. The Hall–Kier alpha value is -2.77. The molecule has 2 aromatic rings. The molecule has 0 radical (unpaired) electrons. The van der Waals surface area contributed by atoms with Crippen LogP contribution >= 0.6 is 23.2 Å². The first-order valence-corrected chi connectivity index (χ1v) is 8.47. The van der Waals surface area contributed by atoms with Gasteiger partial charge in [-0.2, -0.15) is 5.10 Å². The van der Waals surface area contributed by atoms with Crippen LogP contribution in [0.25, 0.3) is 0 Å². The molecule has 0 saturated carbocycles. The van der Waals surface area contributed by atoms with Gasteiger partial charge in [-0.1, -0.05) is 23.2 Å². The fraction of sp³-hybridized carbons (Fsp3) is 0.167. The van der Waals surface area contributed by atoms with Gasteiger partial charge in [0.15, 0.2) is 11.5 Å². The van der Waals surface area contributed by atoms with E-state index in [9.17, 15) is 9.59 Å².